The van der Waals surface area contributed by atoms with Crippen LogP contribution in [-0.4, -0.2) is 22.3 Å². The van der Waals surface area contributed by atoms with Gasteiger partial charge in [-0.2, -0.15) is 0 Å². The zero-order valence-corrected chi connectivity index (χ0v) is 14.8. The molecule has 0 atom stereocenters. The molecule has 1 aromatic carbocycles. The number of para-hydroxylation sites is 1. The number of hydrogen-bond acceptors (Lipinski definition) is 2. The second-order valence-corrected chi connectivity index (χ2v) is 7.82. The van der Waals surface area contributed by atoms with E-state index in [9.17, 15) is 9.59 Å². The molecule has 2 aromatic rings. The van der Waals surface area contributed by atoms with Gasteiger partial charge in [-0.15, -0.1) is 0 Å². The molecule has 1 N–H and O–H groups in total. The summed E-state index contributed by atoms with van der Waals surface area (Å²) in [5, 5.41) is 4.04. The number of nitrogens with zero attached hydrogens (tertiary/aromatic N) is 1. The second-order valence-electron chi connectivity index (χ2n) is 7.82. The van der Waals surface area contributed by atoms with Gasteiger partial charge in [-0.25, -0.2) is 0 Å². The zero-order chi connectivity index (χ0) is 17.3. The molecule has 1 aromatic heterocycles. The lowest BCUT2D eigenvalue weighted by Crippen LogP contribution is -2.35. The molecular weight excluding hydrogens is 300 g/mol. The van der Waals surface area contributed by atoms with E-state index in [1.807, 2.05) is 55.8 Å². The lowest BCUT2D eigenvalue weighted by Gasteiger charge is -2.15. The first-order valence-corrected chi connectivity index (χ1v) is 8.78. The molecule has 1 aliphatic rings. The Hall–Kier alpha value is -2.10. The standard InChI is InChI=1S/C20H26N2O2/c1-20(2,3)19(24)16-12-22(17-11-7-6-10-15(16)17)13-18(23)21-14-8-4-5-9-14/h6-7,10-12,14H,4-5,8-9,13H2,1-3H3,(H,21,23). The number of carbonyl (C=O) groups excluding carboxylic acids is 2. The normalized spacial score (nSPS) is 15.8. The van der Waals surface area contributed by atoms with E-state index >= 15 is 0 Å². The Morgan fingerprint density at radius 2 is 1.83 bits per heavy atom. The van der Waals surface area contributed by atoms with Crippen molar-refractivity contribution in [1.82, 2.24) is 9.88 Å². The lowest BCUT2D eigenvalue weighted by atomic mass is 9.86. The molecule has 4 nitrogen and oxygen atoms in total. The molecule has 0 spiro atoms. The van der Waals surface area contributed by atoms with Crippen molar-refractivity contribution in [3.8, 4) is 0 Å². The number of amides is 1. The predicted molar refractivity (Wildman–Crippen MR) is 96.1 cm³/mol. The van der Waals surface area contributed by atoms with E-state index in [4.69, 9.17) is 0 Å². The molecule has 4 heteroatoms. The SMILES string of the molecule is CC(C)(C)C(=O)c1cn(CC(=O)NC2CCCC2)c2ccccc12. The van der Waals surface area contributed by atoms with E-state index in [1.165, 1.54) is 12.8 Å². The van der Waals surface area contributed by atoms with Gasteiger partial charge in [0, 0.05) is 34.1 Å². The fourth-order valence-corrected chi connectivity index (χ4v) is 3.46. The molecule has 3 rings (SSSR count). The van der Waals surface area contributed by atoms with Crippen LogP contribution >= 0.6 is 0 Å². The topological polar surface area (TPSA) is 51.1 Å². The first-order valence-electron chi connectivity index (χ1n) is 8.78. The summed E-state index contributed by atoms with van der Waals surface area (Å²) in [7, 11) is 0. The van der Waals surface area contributed by atoms with Gasteiger partial charge in [0.1, 0.15) is 6.54 Å². The van der Waals surface area contributed by atoms with Gasteiger partial charge in [0.15, 0.2) is 5.78 Å². The lowest BCUT2D eigenvalue weighted by molar-refractivity contribution is -0.122. The highest BCUT2D eigenvalue weighted by atomic mass is 16.2. The van der Waals surface area contributed by atoms with Crippen LogP contribution in [0, 0.1) is 5.41 Å². The van der Waals surface area contributed by atoms with E-state index in [0.29, 0.717) is 11.6 Å². The van der Waals surface area contributed by atoms with E-state index in [1.54, 1.807) is 0 Å². The molecule has 0 aliphatic heterocycles. The van der Waals surface area contributed by atoms with Gasteiger partial charge in [-0.3, -0.25) is 9.59 Å². The molecule has 128 valence electrons. The van der Waals surface area contributed by atoms with Crippen LogP contribution in [0.15, 0.2) is 30.5 Å². The third-order valence-electron chi connectivity index (χ3n) is 4.75. The van der Waals surface area contributed by atoms with Crippen molar-refractivity contribution in [2.75, 3.05) is 0 Å². The van der Waals surface area contributed by atoms with Gasteiger partial charge in [0.25, 0.3) is 0 Å². The highest BCUT2D eigenvalue weighted by molar-refractivity contribution is 6.10. The smallest absolute Gasteiger partial charge is 0.240 e. The van der Waals surface area contributed by atoms with Crippen molar-refractivity contribution < 1.29 is 9.59 Å². The fourth-order valence-electron chi connectivity index (χ4n) is 3.46. The molecule has 1 fully saturated rings. The molecule has 1 aliphatic carbocycles. The third kappa shape index (κ3) is 3.37. The molecule has 1 amide bonds. The maximum Gasteiger partial charge on any atom is 0.240 e. The monoisotopic (exact) mass is 326 g/mol. The van der Waals surface area contributed by atoms with Gasteiger partial charge in [-0.1, -0.05) is 51.8 Å². The number of hydrogen-bond donors (Lipinski definition) is 1. The Labute approximate surface area is 143 Å². The molecule has 1 saturated carbocycles. The zero-order valence-electron chi connectivity index (χ0n) is 14.8. The number of Topliss-reactive ketones (excluding diaryl/α,β-unsaturated/α-hetero) is 1. The summed E-state index contributed by atoms with van der Waals surface area (Å²) in [6, 6.07) is 8.12. The molecule has 24 heavy (non-hydrogen) atoms. The molecule has 0 bridgehead atoms. The Morgan fingerprint density at radius 3 is 2.50 bits per heavy atom. The molecule has 0 radical (unpaired) electrons. The van der Waals surface area contributed by atoms with Crippen LogP contribution in [0.3, 0.4) is 0 Å². The molecular formula is C20H26N2O2. The first-order chi connectivity index (χ1) is 11.4. The van der Waals surface area contributed by atoms with E-state index in [-0.39, 0.29) is 18.2 Å². The number of aromatic nitrogens is 1. The average molecular weight is 326 g/mol. The van der Waals surface area contributed by atoms with Gasteiger partial charge >= 0.3 is 0 Å². The van der Waals surface area contributed by atoms with Crippen LogP contribution in [0.5, 0.6) is 0 Å². The highest BCUT2D eigenvalue weighted by Gasteiger charge is 2.26. The minimum absolute atomic E-state index is 0.0254. The van der Waals surface area contributed by atoms with Crippen molar-refractivity contribution in [2.45, 2.75) is 59.0 Å². The van der Waals surface area contributed by atoms with Crippen LogP contribution in [0.2, 0.25) is 0 Å². The van der Waals surface area contributed by atoms with Gasteiger partial charge in [0.05, 0.1) is 0 Å². The summed E-state index contributed by atoms with van der Waals surface area (Å²) in [4.78, 5) is 25.1. The van der Waals surface area contributed by atoms with Crippen LogP contribution in [0.4, 0.5) is 0 Å². The summed E-state index contributed by atoms with van der Waals surface area (Å²) in [6.07, 6.45) is 6.38. The summed E-state index contributed by atoms with van der Waals surface area (Å²) in [6.45, 7) is 6.03. The Kier molecular flexibility index (Phi) is 4.48. The molecule has 0 unspecified atom stereocenters. The molecule has 1 heterocycles. The minimum Gasteiger partial charge on any atom is -0.352 e. The average Bonchev–Trinajstić information content (AvgIpc) is 3.14. The van der Waals surface area contributed by atoms with Crippen LogP contribution in [0.1, 0.15) is 56.8 Å². The van der Waals surface area contributed by atoms with Gasteiger partial charge in [0.2, 0.25) is 5.91 Å². The highest BCUT2D eigenvalue weighted by Crippen LogP contribution is 2.28. The Morgan fingerprint density at radius 1 is 1.17 bits per heavy atom. The first kappa shape index (κ1) is 16.7. The minimum atomic E-state index is -0.443. The van der Waals surface area contributed by atoms with Crippen LogP contribution in [-0.2, 0) is 11.3 Å². The number of fused-ring (bicyclic) bond motifs is 1. The van der Waals surface area contributed by atoms with Crippen LogP contribution in [0.25, 0.3) is 10.9 Å². The van der Waals surface area contributed by atoms with Crippen molar-refractivity contribution in [2.24, 2.45) is 5.41 Å². The van der Waals surface area contributed by atoms with E-state index < -0.39 is 5.41 Å². The van der Waals surface area contributed by atoms with Crippen molar-refractivity contribution in [1.29, 1.82) is 0 Å². The van der Waals surface area contributed by atoms with Gasteiger partial charge in [-0.05, 0) is 18.9 Å². The number of nitrogens with one attached hydrogen (secondary N) is 1. The number of rotatable bonds is 4. The summed E-state index contributed by atoms with van der Waals surface area (Å²) < 4.78 is 1.90. The fraction of sp³-hybridized carbons (Fsp3) is 0.500. The van der Waals surface area contributed by atoms with E-state index in [0.717, 1.165) is 23.7 Å². The van der Waals surface area contributed by atoms with E-state index in [2.05, 4.69) is 5.32 Å². The maximum absolute atomic E-state index is 12.7. The van der Waals surface area contributed by atoms with Crippen LogP contribution < -0.4 is 5.32 Å². The second kappa shape index (κ2) is 6.42. The number of benzene rings is 1. The van der Waals surface area contributed by atoms with Crippen molar-refractivity contribution >= 4 is 22.6 Å². The van der Waals surface area contributed by atoms with Gasteiger partial charge < -0.3 is 9.88 Å². The summed E-state index contributed by atoms with van der Waals surface area (Å²) in [5.41, 5.74) is 1.19. The summed E-state index contributed by atoms with van der Waals surface area (Å²) in [5.74, 6) is 0.131. The Bertz CT molecular complexity index is 762. The van der Waals surface area contributed by atoms with Crippen molar-refractivity contribution in [3.05, 3.63) is 36.0 Å². The van der Waals surface area contributed by atoms with Crippen molar-refractivity contribution in [3.63, 3.8) is 0 Å². The third-order valence-corrected chi connectivity index (χ3v) is 4.75. The number of carbonyl (C=O) groups is 2. The molecule has 0 saturated heterocycles. The number of ketones is 1. The predicted octanol–water partition coefficient (Wildman–Crippen LogP) is 3.93. The quantitative estimate of drug-likeness (QED) is 0.866. The summed E-state index contributed by atoms with van der Waals surface area (Å²) >= 11 is 0. The Balaban J connectivity index is 1.88. The largest absolute Gasteiger partial charge is 0.352 e. The maximum atomic E-state index is 12.7.